The van der Waals surface area contributed by atoms with Crippen LogP contribution in [-0.2, 0) is 10.0 Å². The van der Waals surface area contributed by atoms with E-state index in [0.29, 0.717) is 21.6 Å². The van der Waals surface area contributed by atoms with Crippen LogP contribution in [0.1, 0.15) is 32.1 Å². The van der Waals surface area contributed by atoms with E-state index in [1.54, 1.807) is 13.1 Å². The van der Waals surface area contributed by atoms with Gasteiger partial charge in [0.05, 0.1) is 19.1 Å². The molecular formula is C17H24INO4S. The normalized spacial score (nSPS) is 15.3. The molecular weight excluding hydrogens is 441 g/mol. The SMILES string of the molecule is COc1cc(I)c(S(=O)(=O)N(C)CCC2=CCCCC2)cc1OC. The Hall–Kier alpha value is -0.800. The zero-order valence-electron chi connectivity index (χ0n) is 14.3. The topological polar surface area (TPSA) is 55.8 Å². The molecule has 1 aromatic carbocycles. The molecule has 0 fully saturated rings. The van der Waals surface area contributed by atoms with E-state index in [9.17, 15) is 8.42 Å². The van der Waals surface area contributed by atoms with E-state index in [1.165, 1.54) is 43.0 Å². The largest absolute Gasteiger partial charge is 0.493 e. The Bertz CT molecular complexity index is 716. The van der Waals surface area contributed by atoms with Crippen molar-refractivity contribution < 1.29 is 17.9 Å². The zero-order valence-corrected chi connectivity index (χ0v) is 17.3. The van der Waals surface area contributed by atoms with Crippen LogP contribution in [0.2, 0.25) is 0 Å². The molecule has 0 heterocycles. The van der Waals surface area contributed by atoms with E-state index in [1.807, 2.05) is 22.6 Å². The zero-order chi connectivity index (χ0) is 17.7. The lowest BCUT2D eigenvalue weighted by Crippen LogP contribution is -2.29. The summed E-state index contributed by atoms with van der Waals surface area (Å²) in [5, 5.41) is 0. The number of hydrogen-bond acceptors (Lipinski definition) is 4. The summed E-state index contributed by atoms with van der Waals surface area (Å²) in [6, 6.07) is 3.22. The van der Waals surface area contributed by atoms with E-state index in [0.717, 1.165) is 19.3 Å². The fourth-order valence-corrected chi connectivity index (χ4v) is 5.26. The van der Waals surface area contributed by atoms with E-state index < -0.39 is 10.0 Å². The van der Waals surface area contributed by atoms with Gasteiger partial charge in [0.2, 0.25) is 10.0 Å². The van der Waals surface area contributed by atoms with Crippen molar-refractivity contribution in [1.29, 1.82) is 0 Å². The predicted molar refractivity (Wildman–Crippen MR) is 103 cm³/mol. The van der Waals surface area contributed by atoms with Gasteiger partial charge in [-0.15, -0.1) is 0 Å². The van der Waals surface area contributed by atoms with E-state index >= 15 is 0 Å². The first-order chi connectivity index (χ1) is 11.4. The highest BCUT2D eigenvalue weighted by atomic mass is 127. The van der Waals surface area contributed by atoms with Crippen molar-refractivity contribution in [3.8, 4) is 11.5 Å². The van der Waals surface area contributed by atoms with Crippen LogP contribution in [0.3, 0.4) is 0 Å². The molecule has 0 saturated carbocycles. The third-order valence-corrected chi connectivity index (χ3v) is 7.41. The third-order valence-electron chi connectivity index (χ3n) is 4.26. The van der Waals surface area contributed by atoms with Crippen LogP contribution in [0.5, 0.6) is 11.5 Å². The monoisotopic (exact) mass is 465 g/mol. The number of hydrogen-bond donors (Lipinski definition) is 0. The Kier molecular flexibility index (Phi) is 6.94. The lowest BCUT2D eigenvalue weighted by Gasteiger charge is -2.21. The van der Waals surface area contributed by atoms with E-state index in [4.69, 9.17) is 9.47 Å². The number of benzene rings is 1. The van der Waals surface area contributed by atoms with Gasteiger partial charge in [-0.05, 0) is 60.8 Å². The van der Waals surface area contributed by atoms with Gasteiger partial charge in [0.25, 0.3) is 0 Å². The van der Waals surface area contributed by atoms with Crippen LogP contribution in [0.15, 0.2) is 28.7 Å². The van der Waals surface area contributed by atoms with Crippen molar-refractivity contribution in [1.82, 2.24) is 4.31 Å². The molecule has 1 aliphatic carbocycles. The average Bonchev–Trinajstić information content (AvgIpc) is 2.59. The Morgan fingerprint density at radius 2 is 1.83 bits per heavy atom. The second-order valence-corrected chi connectivity index (χ2v) is 9.00. The number of sulfonamides is 1. The first kappa shape index (κ1) is 19.5. The van der Waals surface area contributed by atoms with Crippen molar-refractivity contribution in [3.63, 3.8) is 0 Å². The molecule has 134 valence electrons. The number of allylic oxidation sites excluding steroid dienone is 1. The standard InChI is InChI=1S/C17H24INO4S/c1-19(10-9-13-7-5-4-6-8-13)24(20,21)17-12-16(23-3)15(22-2)11-14(17)18/h7,11-12H,4-6,8-10H2,1-3H3. The number of methoxy groups -OCH3 is 2. The van der Waals surface area contributed by atoms with Crippen molar-refractivity contribution >= 4 is 32.6 Å². The number of ether oxygens (including phenoxy) is 2. The van der Waals surface area contributed by atoms with Gasteiger partial charge in [-0.2, -0.15) is 0 Å². The van der Waals surface area contributed by atoms with Crippen LogP contribution in [0, 0.1) is 3.57 Å². The summed E-state index contributed by atoms with van der Waals surface area (Å²) in [5.41, 5.74) is 1.37. The molecule has 1 aromatic rings. The minimum Gasteiger partial charge on any atom is -0.493 e. The molecule has 5 nitrogen and oxygen atoms in total. The number of nitrogens with zero attached hydrogens (tertiary/aromatic N) is 1. The summed E-state index contributed by atoms with van der Waals surface area (Å²) in [5.74, 6) is 0.941. The van der Waals surface area contributed by atoms with Gasteiger partial charge in [0.15, 0.2) is 11.5 Å². The number of halogens is 1. The Morgan fingerprint density at radius 3 is 2.42 bits per heavy atom. The van der Waals surface area contributed by atoms with Crippen molar-refractivity contribution in [2.24, 2.45) is 0 Å². The molecule has 0 unspecified atom stereocenters. The Morgan fingerprint density at radius 1 is 1.17 bits per heavy atom. The van der Waals surface area contributed by atoms with Crippen LogP contribution in [0.4, 0.5) is 0 Å². The van der Waals surface area contributed by atoms with Gasteiger partial charge >= 0.3 is 0 Å². The minimum absolute atomic E-state index is 0.251. The van der Waals surface area contributed by atoms with Gasteiger partial charge in [-0.25, -0.2) is 12.7 Å². The lowest BCUT2D eigenvalue weighted by atomic mass is 9.97. The predicted octanol–water partition coefficient (Wildman–Crippen LogP) is 3.82. The molecule has 0 radical (unpaired) electrons. The number of rotatable bonds is 7. The molecule has 0 bridgehead atoms. The fraction of sp³-hybridized carbons (Fsp3) is 0.529. The van der Waals surface area contributed by atoms with Crippen LogP contribution >= 0.6 is 22.6 Å². The Balaban J connectivity index is 2.20. The van der Waals surface area contributed by atoms with Gasteiger partial charge < -0.3 is 9.47 Å². The molecule has 1 aliphatic rings. The second kappa shape index (κ2) is 8.53. The second-order valence-electron chi connectivity index (χ2n) is 5.82. The first-order valence-corrected chi connectivity index (χ1v) is 10.5. The average molecular weight is 465 g/mol. The molecule has 0 aliphatic heterocycles. The molecule has 0 N–H and O–H groups in total. The van der Waals surface area contributed by atoms with Crippen molar-refractivity contribution in [3.05, 3.63) is 27.4 Å². The highest BCUT2D eigenvalue weighted by Crippen LogP contribution is 2.34. The van der Waals surface area contributed by atoms with Crippen molar-refractivity contribution in [2.75, 3.05) is 27.8 Å². The maximum Gasteiger partial charge on any atom is 0.244 e. The molecule has 0 atom stereocenters. The summed E-state index contributed by atoms with van der Waals surface area (Å²) in [6.07, 6.45) is 7.68. The fourth-order valence-electron chi connectivity index (χ4n) is 2.75. The highest BCUT2D eigenvalue weighted by molar-refractivity contribution is 14.1. The summed E-state index contributed by atoms with van der Waals surface area (Å²) in [7, 11) is 1.10. The minimum atomic E-state index is -3.56. The quantitative estimate of drug-likeness (QED) is 0.454. The first-order valence-electron chi connectivity index (χ1n) is 7.96. The molecule has 0 spiro atoms. The lowest BCUT2D eigenvalue weighted by molar-refractivity contribution is 0.353. The van der Waals surface area contributed by atoms with Gasteiger partial charge in [-0.1, -0.05) is 11.6 Å². The maximum absolute atomic E-state index is 12.9. The summed E-state index contributed by atoms with van der Waals surface area (Å²) >= 11 is 2.02. The van der Waals surface area contributed by atoms with Gasteiger partial charge in [0, 0.05) is 23.2 Å². The highest BCUT2D eigenvalue weighted by Gasteiger charge is 2.25. The molecule has 7 heteroatoms. The smallest absolute Gasteiger partial charge is 0.244 e. The summed E-state index contributed by atoms with van der Waals surface area (Å²) in [6.45, 7) is 0.485. The van der Waals surface area contributed by atoms with Crippen LogP contribution in [-0.4, -0.2) is 40.5 Å². The molecule has 0 amide bonds. The molecule has 0 saturated heterocycles. The summed E-state index contributed by atoms with van der Waals surface area (Å²) < 4.78 is 38.3. The van der Waals surface area contributed by atoms with Crippen LogP contribution in [0.25, 0.3) is 0 Å². The van der Waals surface area contributed by atoms with E-state index in [2.05, 4.69) is 6.08 Å². The van der Waals surface area contributed by atoms with Gasteiger partial charge in [-0.3, -0.25) is 0 Å². The Labute approximate surface area is 158 Å². The van der Waals surface area contributed by atoms with Gasteiger partial charge in [0.1, 0.15) is 0 Å². The van der Waals surface area contributed by atoms with Crippen molar-refractivity contribution in [2.45, 2.75) is 37.0 Å². The van der Waals surface area contributed by atoms with Crippen LogP contribution < -0.4 is 9.47 Å². The molecule has 24 heavy (non-hydrogen) atoms. The third kappa shape index (κ3) is 4.43. The maximum atomic E-state index is 12.9. The molecule has 2 rings (SSSR count). The van der Waals surface area contributed by atoms with E-state index in [-0.39, 0.29) is 4.90 Å². The molecule has 0 aromatic heterocycles. The summed E-state index contributed by atoms with van der Waals surface area (Å²) in [4.78, 5) is 0.251.